The molecule has 1 atom stereocenters. The zero-order chi connectivity index (χ0) is 18.9. The van der Waals surface area contributed by atoms with Crippen LogP contribution in [0, 0.1) is 0 Å². The Labute approximate surface area is 166 Å². The molecule has 5 heteroatoms. The topological polar surface area (TPSA) is 41.6 Å². The van der Waals surface area contributed by atoms with Crippen LogP contribution in [-0.2, 0) is 0 Å². The lowest BCUT2D eigenvalue weighted by atomic mass is 10.1. The van der Waals surface area contributed by atoms with Crippen molar-refractivity contribution in [2.45, 2.75) is 45.1 Å². The number of hydrogen-bond donors (Lipinski definition) is 1. The lowest BCUT2D eigenvalue weighted by Crippen LogP contribution is -2.38. The van der Waals surface area contributed by atoms with Crippen LogP contribution in [0.1, 0.15) is 60.3 Å². The van der Waals surface area contributed by atoms with Gasteiger partial charge >= 0.3 is 0 Å². The molecule has 2 aromatic rings. The lowest BCUT2D eigenvalue weighted by molar-refractivity contribution is 0.0933. The van der Waals surface area contributed by atoms with E-state index in [1.807, 2.05) is 24.3 Å². The molecule has 0 spiro atoms. The maximum Gasteiger partial charge on any atom is 0.251 e. The molecule has 3 rings (SSSR count). The average Bonchev–Trinajstić information content (AvgIpc) is 3.09. The first-order chi connectivity index (χ1) is 13.3. The van der Waals surface area contributed by atoms with Gasteiger partial charge in [-0.1, -0.05) is 31.9 Å². The van der Waals surface area contributed by atoms with Crippen LogP contribution in [0.25, 0.3) is 0 Å². The summed E-state index contributed by atoms with van der Waals surface area (Å²) < 4.78 is 5.65. The smallest absolute Gasteiger partial charge is 0.251 e. The van der Waals surface area contributed by atoms with Crippen molar-refractivity contribution in [2.24, 2.45) is 0 Å². The van der Waals surface area contributed by atoms with Crippen LogP contribution >= 0.6 is 11.3 Å². The van der Waals surface area contributed by atoms with Gasteiger partial charge in [-0.2, -0.15) is 0 Å². The van der Waals surface area contributed by atoms with Crippen LogP contribution in [0.2, 0.25) is 0 Å². The van der Waals surface area contributed by atoms with E-state index >= 15 is 0 Å². The molecule has 1 aromatic carbocycles. The van der Waals surface area contributed by atoms with E-state index in [-0.39, 0.29) is 11.9 Å². The fourth-order valence-electron chi connectivity index (χ4n) is 3.54. The van der Waals surface area contributed by atoms with Crippen LogP contribution in [0.4, 0.5) is 0 Å². The van der Waals surface area contributed by atoms with Gasteiger partial charge in [0.2, 0.25) is 0 Å². The minimum Gasteiger partial charge on any atom is -0.494 e. The van der Waals surface area contributed by atoms with Crippen LogP contribution in [0.5, 0.6) is 5.75 Å². The van der Waals surface area contributed by atoms with Crippen molar-refractivity contribution in [3.8, 4) is 5.75 Å². The van der Waals surface area contributed by atoms with Gasteiger partial charge in [0, 0.05) is 17.0 Å². The molecular formula is C22H30N2O2S. The Morgan fingerprint density at radius 2 is 2.00 bits per heavy atom. The zero-order valence-electron chi connectivity index (χ0n) is 16.2. The highest BCUT2D eigenvalue weighted by molar-refractivity contribution is 7.10. The number of nitrogens with zero attached hydrogens (tertiary/aromatic N) is 1. The van der Waals surface area contributed by atoms with Crippen molar-refractivity contribution < 1.29 is 9.53 Å². The van der Waals surface area contributed by atoms with Gasteiger partial charge in [0.25, 0.3) is 5.91 Å². The molecule has 1 amide bonds. The highest BCUT2D eigenvalue weighted by Crippen LogP contribution is 2.27. The standard InChI is InChI=1S/C22H30N2O2S/c1-2-14-26-19-10-7-9-18(16-19)22(25)23-17-20(21-11-8-15-27-21)24-12-5-3-4-6-13-24/h7-11,15-16,20H,2-6,12-14,17H2,1H3,(H,23,25)/t20-/m0/s1. The zero-order valence-corrected chi connectivity index (χ0v) is 17.0. The van der Waals surface area contributed by atoms with Gasteiger partial charge in [0.05, 0.1) is 12.6 Å². The molecule has 1 fully saturated rings. The maximum atomic E-state index is 12.7. The van der Waals surface area contributed by atoms with Gasteiger partial charge < -0.3 is 10.1 Å². The third kappa shape index (κ3) is 5.81. The number of benzene rings is 1. The van der Waals surface area contributed by atoms with Crippen molar-refractivity contribution in [1.82, 2.24) is 10.2 Å². The summed E-state index contributed by atoms with van der Waals surface area (Å²) in [7, 11) is 0. The lowest BCUT2D eigenvalue weighted by Gasteiger charge is -2.30. The normalized spacial score (nSPS) is 16.5. The molecule has 1 aromatic heterocycles. The largest absolute Gasteiger partial charge is 0.494 e. The number of carbonyl (C=O) groups is 1. The number of carbonyl (C=O) groups excluding carboxylic acids is 1. The number of amides is 1. The molecule has 4 nitrogen and oxygen atoms in total. The van der Waals surface area contributed by atoms with E-state index in [0.29, 0.717) is 18.7 Å². The molecule has 146 valence electrons. The second kappa shape index (κ2) is 10.5. The molecular weight excluding hydrogens is 356 g/mol. The SMILES string of the molecule is CCCOc1cccc(C(=O)NC[C@@H](c2cccs2)N2CCCCCC2)c1. The number of hydrogen-bond acceptors (Lipinski definition) is 4. The van der Waals surface area contributed by atoms with Crippen molar-refractivity contribution >= 4 is 17.2 Å². The van der Waals surface area contributed by atoms with Crippen LogP contribution < -0.4 is 10.1 Å². The summed E-state index contributed by atoms with van der Waals surface area (Å²) >= 11 is 1.78. The number of thiophene rings is 1. The van der Waals surface area contributed by atoms with Crippen LogP contribution in [0.15, 0.2) is 41.8 Å². The van der Waals surface area contributed by atoms with E-state index in [2.05, 4.69) is 34.7 Å². The molecule has 0 radical (unpaired) electrons. The summed E-state index contributed by atoms with van der Waals surface area (Å²) in [6.07, 6.45) is 6.06. The highest BCUT2D eigenvalue weighted by atomic mass is 32.1. The Hall–Kier alpha value is -1.85. The molecule has 1 aliphatic heterocycles. The molecule has 0 aliphatic carbocycles. The first-order valence-corrected chi connectivity index (χ1v) is 10.9. The van der Waals surface area contributed by atoms with Crippen molar-refractivity contribution in [3.63, 3.8) is 0 Å². The van der Waals surface area contributed by atoms with E-state index in [9.17, 15) is 4.79 Å². The summed E-state index contributed by atoms with van der Waals surface area (Å²) in [5.41, 5.74) is 0.657. The number of ether oxygens (including phenoxy) is 1. The van der Waals surface area contributed by atoms with E-state index < -0.39 is 0 Å². The summed E-state index contributed by atoms with van der Waals surface area (Å²) in [5.74, 6) is 0.722. The third-order valence-corrected chi connectivity index (χ3v) is 5.95. The van der Waals surface area contributed by atoms with Gasteiger partial charge in [-0.05, 0) is 62.0 Å². The monoisotopic (exact) mass is 386 g/mol. The van der Waals surface area contributed by atoms with Crippen molar-refractivity contribution in [2.75, 3.05) is 26.2 Å². The second-order valence-corrected chi connectivity index (χ2v) is 8.05. The van der Waals surface area contributed by atoms with Gasteiger partial charge in [-0.25, -0.2) is 0 Å². The minimum absolute atomic E-state index is 0.0340. The molecule has 1 saturated heterocycles. The summed E-state index contributed by atoms with van der Waals surface area (Å²) in [6.45, 7) is 5.60. The minimum atomic E-state index is -0.0340. The molecule has 0 bridgehead atoms. The molecule has 2 heterocycles. The Balaban J connectivity index is 1.65. The van der Waals surface area contributed by atoms with Gasteiger partial charge in [-0.3, -0.25) is 9.69 Å². The predicted molar refractivity (Wildman–Crippen MR) is 112 cm³/mol. The quantitative estimate of drug-likeness (QED) is 0.703. The van der Waals surface area contributed by atoms with Gasteiger partial charge in [0.15, 0.2) is 0 Å². The van der Waals surface area contributed by atoms with E-state index in [0.717, 1.165) is 25.3 Å². The van der Waals surface area contributed by atoms with Crippen molar-refractivity contribution in [1.29, 1.82) is 0 Å². The Bertz CT molecular complexity index is 694. The van der Waals surface area contributed by atoms with E-state index in [4.69, 9.17) is 4.74 Å². The maximum absolute atomic E-state index is 12.7. The molecule has 0 saturated carbocycles. The fraction of sp³-hybridized carbons (Fsp3) is 0.500. The first kappa shape index (κ1) is 19.9. The highest BCUT2D eigenvalue weighted by Gasteiger charge is 2.23. The number of likely N-dealkylation sites (tertiary alicyclic amines) is 1. The summed E-state index contributed by atoms with van der Waals surface area (Å²) in [4.78, 5) is 16.6. The second-order valence-electron chi connectivity index (χ2n) is 7.07. The summed E-state index contributed by atoms with van der Waals surface area (Å²) in [6, 6.07) is 12.0. The Morgan fingerprint density at radius 3 is 2.70 bits per heavy atom. The van der Waals surface area contributed by atoms with Crippen LogP contribution in [-0.4, -0.2) is 37.0 Å². The van der Waals surface area contributed by atoms with E-state index in [1.165, 1.54) is 30.6 Å². The first-order valence-electron chi connectivity index (χ1n) is 10.1. The molecule has 1 aliphatic rings. The molecule has 0 unspecified atom stereocenters. The van der Waals surface area contributed by atoms with Crippen molar-refractivity contribution in [3.05, 3.63) is 52.2 Å². The molecule has 1 N–H and O–H groups in total. The summed E-state index contributed by atoms with van der Waals surface area (Å²) in [5, 5.41) is 5.28. The Kier molecular flexibility index (Phi) is 7.72. The number of rotatable bonds is 8. The van der Waals surface area contributed by atoms with Gasteiger partial charge in [0.1, 0.15) is 5.75 Å². The predicted octanol–water partition coefficient (Wildman–Crippen LogP) is 4.88. The molecule has 27 heavy (non-hydrogen) atoms. The van der Waals surface area contributed by atoms with E-state index in [1.54, 1.807) is 11.3 Å². The van der Waals surface area contributed by atoms with Crippen LogP contribution in [0.3, 0.4) is 0 Å². The average molecular weight is 387 g/mol. The fourth-order valence-corrected chi connectivity index (χ4v) is 4.40. The number of nitrogens with one attached hydrogen (secondary N) is 1. The van der Waals surface area contributed by atoms with Gasteiger partial charge in [-0.15, -0.1) is 11.3 Å². The Morgan fingerprint density at radius 1 is 1.19 bits per heavy atom. The third-order valence-electron chi connectivity index (χ3n) is 4.98.